The van der Waals surface area contributed by atoms with Gasteiger partial charge in [-0.05, 0) is 12.8 Å². The van der Waals surface area contributed by atoms with Crippen LogP contribution in [-0.2, 0) is 50.6 Å². The van der Waals surface area contributed by atoms with Crippen LogP contribution < -0.4 is 11.5 Å². The smallest absolute Gasteiger partial charge is 0.387 e. The molecule has 4 rings (SSSR count). The van der Waals surface area contributed by atoms with Gasteiger partial charge >= 0.3 is 15.6 Å². The molecule has 4 aliphatic rings. The minimum atomic E-state index is -4.76. The van der Waals surface area contributed by atoms with E-state index in [0.717, 1.165) is 14.2 Å². The van der Waals surface area contributed by atoms with Crippen molar-refractivity contribution < 1.29 is 71.0 Å². The molecule has 10 atom stereocenters. The van der Waals surface area contributed by atoms with E-state index in [1.54, 1.807) is 12.2 Å². The standard InChI is InChI=1S/C24H36N4O15P2/c1-37-44(35,39-11-15-17(29)19(31)23(41-15)27-7-3-5-13(9-27)21(25)33)43-45(36,38-2)40-12-16-18(30)20(32)24(42-16)28-8-4-6-14(10-28)22(26)34/h3-4,7-10,15-20,23-24,29-32H,5-6,11-12H2,1-2H3,(H2,25,33)(H2,26,34)/t15-,16-,17-,18-,19-,20-,23+,24+,44?,45?/m1/s1. The lowest BCUT2D eigenvalue weighted by Crippen LogP contribution is -2.40. The van der Waals surface area contributed by atoms with Crippen molar-refractivity contribution >= 4 is 27.5 Å². The van der Waals surface area contributed by atoms with Crippen LogP contribution in [0.2, 0.25) is 0 Å². The number of nitrogens with two attached hydrogens (primary N) is 2. The van der Waals surface area contributed by atoms with E-state index < -0.39 is 89.8 Å². The summed E-state index contributed by atoms with van der Waals surface area (Å²) >= 11 is 0. The van der Waals surface area contributed by atoms with Crippen LogP contribution in [0.15, 0.2) is 48.1 Å². The summed E-state index contributed by atoms with van der Waals surface area (Å²) in [6.45, 7) is -1.40. The largest absolute Gasteiger partial charge is 0.483 e. The van der Waals surface area contributed by atoms with Crippen molar-refractivity contribution in [2.45, 2.75) is 61.9 Å². The molecule has 2 amide bonds. The van der Waals surface area contributed by atoms with E-state index in [1.807, 2.05) is 0 Å². The van der Waals surface area contributed by atoms with Gasteiger partial charge in [0.25, 0.3) is 0 Å². The molecule has 19 nitrogen and oxygen atoms in total. The van der Waals surface area contributed by atoms with E-state index in [2.05, 4.69) is 0 Å². The number of carbonyl (C=O) groups excluding carboxylic acids is 2. The van der Waals surface area contributed by atoms with Gasteiger partial charge in [0.2, 0.25) is 11.8 Å². The van der Waals surface area contributed by atoms with Crippen LogP contribution in [0.1, 0.15) is 12.8 Å². The molecule has 2 saturated heterocycles. The second kappa shape index (κ2) is 14.5. The van der Waals surface area contributed by atoms with Crippen molar-refractivity contribution in [1.82, 2.24) is 9.80 Å². The molecular weight excluding hydrogens is 646 g/mol. The molecule has 0 radical (unpaired) electrons. The van der Waals surface area contributed by atoms with E-state index in [1.165, 1.54) is 34.6 Å². The quantitative estimate of drug-likeness (QED) is 0.115. The van der Waals surface area contributed by atoms with Gasteiger partial charge in [-0.1, -0.05) is 12.2 Å². The molecule has 0 aromatic carbocycles. The Morgan fingerprint density at radius 3 is 1.49 bits per heavy atom. The topological polar surface area (TPSA) is 272 Å². The van der Waals surface area contributed by atoms with E-state index in [0.29, 0.717) is 0 Å². The van der Waals surface area contributed by atoms with Crippen LogP contribution in [0.5, 0.6) is 0 Å². The van der Waals surface area contributed by atoms with E-state index in [4.69, 9.17) is 43.3 Å². The molecular formula is C24H36N4O15P2. The van der Waals surface area contributed by atoms with Gasteiger partial charge in [-0.15, -0.1) is 0 Å². The fourth-order valence-electron chi connectivity index (χ4n) is 4.70. The van der Waals surface area contributed by atoms with Gasteiger partial charge < -0.3 is 51.2 Å². The number of ether oxygens (including phenoxy) is 2. The van der Waals surface area contributed by atoms with E-state index in [-0.39, 0.29) is 24.0 Å². The molecule has 8 N–H and O–H groups in total. The lowest BCUT2D eigenvalue weighted by Gasteiger charge is -2.28. The van der Waals surface area contributed by atoms with Crippen LogP contribution in [0, 0.1) is 0 Å². The second-order valence-corrected chi connectivity index (χ2v) is 13.8. The molecule has 0 aliphatic carbocycles. The van der Waals surface area contributed by atoms with Crippen molar-refractivity contribution in [2.75, 3.05) is 27.4 Å². The number of carbonyl (C=O) groups is 2. The molecule has 0 bridgehead atoms. The van der Waals surface area contributed by atoms with Gasteiger partial charge in [0.15, 0.2) is 12.5 Å². The van der Waals surface area contributed by atoms with Crippen molar-refractivity contribution in [3.05, 3.63) is 48.1 Å². The predicted octanol–water partition coefficient (Wildman–Crippen LogP) is -1.38. The summed E-state index contributed by atoms with van der Waals surface area (Å²) in [5.74, 6) is -1.36. The Morgan fingerprint density at radius 1 is 0.778 bits per heavy atom. The summed E-state index contributed by atoms with van der Waals surface area (Å²) in [7, 11) is -7.71. The average molecular weight is 683 g/mol. The van der Waals surface area contributed by atoms with Gasteiger partial charge in [0.05, 0.1) is 13.2 Å². The first-order valence-electron chi connectivity index (χ1n) is 13.4. The van der Waals surface area contributed by atoms with Gasteiger partial charge in [-0.25, -0.2) is 9.13 Å². The Labute approximate surface area is 257 Å². The highest BCUT2D eigenvalue weighted by Crippen LogP contribution is 2.65. The molecule has 0 spiro atoms. The highest BCUT2D eigenvalue weighted by atomic mass is 31.3. The number of allylic oxidation sites excluding steroid dienone is 2. The van der Waals surface area contributed by atoms with Gasteiger partial charge in [0.1, 0.15) is 36.6 Å². The molecule has 2 fully saturated rings. The normalized spacial score (nSPS) is 34.3. The van der Waals surface area contributed by atoms with Crippen molar-refractivity contribution in [3.63, 3.8) is 0 Å². The van der Waals surface area contributed by atoms with Crippen LogP contribution >= 0.6 is 15.6 Å². The van der Waals surface area contributed by atoms with Crippen LogP contribution in [0.3, 0.4) is 0 Å². The number of phosphoric ester groups is 2. The minimum absolute atomic E-state index is 0.230. The summed E-state index contributed by atoms with van der Waals surface area (Å²) in [6, 6.07) is 0. The summed E-state index contributed by atoms with van der Waals surface area (Å²) < 4.78 is 62.7. The number of hydrogen-bond donors (Lipinski definition) is 6. The van der Waals surface area contributed by atoms with Crippen LogP contribution in [0.25, 0.3) is 0 Å². The molecule has 0 aromatic heterocycles. The maximum absolute atomic E-state index is 13.2. The maximum atomic E-state index is 13.2. The highest BCUT2D eigenvalue weighted by Gasteiger charge is 2.49. The lowest BCUT2D eigenvalue weighted by atomic mass is 10.1. The Bertz CT molecular complexity index is 1240. The molecule has 2 unspecified atom stereocenters. The Balaban J connectivity index is 1.35. The zero-order chi connectivity index (χ0) is 33.1. The van der Waals surface area contributed by atoms with E-state index >= 15 is 0 Å². The third-order valence-corrected chi connectivity index (χ3v) is 10.6. The number of nitrogens with zero attached hydrogens (tertiary/aromatic N) is 2. The summed E-state index contributed by atoms with van der Waals surface area (Å²) in [4.78, 5) is 25.7. The first kappa shape index (κ1) is 35.4. The van der Waals surface area contributed by atoms with Gasteiger partial charge in [-0.3, -0.25) is 27.7 Å². The summed E-state index contributed by atoms with van der Waals surface area (Å²) in [6.07, 6.45) is -1.62. The number of primary amides is 2. The highest BCUT2D eigenvalue weighted by molar-refractivity contribution is 7.62. The third-order valence-electron chi connectivity index (χ3n) is 7.18. The van der Waals surface area contributed by atoms with Crippen molar-refractivity contribution in [3.8, 4) is 0 Å². The van der Waals surface area contributed by atoms with Gasteiger partial charge in [0, 0.05) is 50.2 Å². The summed E-state index contributed by atoms with van der Waals surface area (Å²) in [5.41, 5.74) is 11.1. The first-order valence-corrected chi connectivity index (χ1v) is 16.4. The molecule has 0 saturated carbocycles. The number of aliphatic hydroxyl groups is 4. The Morgan fingerprint density at radius 2 is 1.16 bits per heavy atom. The number of amides is 2. The Kier molecular flexibility index (Phi) is 11.4. The number of aliphatic hydroxyl groups excluding tert-OH is 4. The average Bonchev–Trinajstić information content (AvgIpc) is 3.48. The number of phosphoric acid groups is 2. The number of rotatable bonds is 14. The van der Waals surface area contributed by atoms with Crippen LogP contribution in [0.4, 0.5) is 0 Å². The predicted molar refractivity (Wildman–Crippen MR) is 149 cm³/mol. The lowest BCUT2D eigenvalue weighted by molar-refractivity contribution is -0.115. The van der Waals surface area contributed by atoms with E-state index in [9.17, 15) is 39.1 Å². The molecule has 252 valence electrons. The molecule has 21 heteroatoms. The van der Waals surface area contributed by atoms with Crippen LogP contribution in [-0.4, -0.2) is 119 Å². The Hall–Kier alpha value is -2.48. The zero-order valence-electron chi connectivity index (χ0n) is 24.1. The molecule has 4 aliphatic heterocycles. The van der Waals surface area contributed by atoms with Gasteiger partial charge in [-0.2, -0.15) is 4.31 Å². The number of hydrogen-bond acceptors (Lipinski definition) is 17. The molecule has 45 heavy (non-hydrogen) atoms. The summed E-state index contributed by atoms with van der Waals surface area (Å²) in [5, 5.41) is 42.1. The molecule has 0 aromatic rings. The fraction of sp³-hybridized carbons (Fsp3) is 0.583. The second-order valence-electron chi connectivity index (χ2n) is 10.1. The first-order chi connectivity index (χ1) is 21.2. The molecule has 4 heterocycles. The van der Waals surface area contributed by atoms with Crippen molar-refractivity contribution in [2.24, 2.45) is 11.5 Å². The minimum Gasteiger partial charge on any atom is -0.387 e. The SMILES string of the molecule is COP(=O)(OC[C@H]1O[C@H](N2C=CCC(C(N)=O)=C2)[C@H](O)[C@@H]1O)OP(=O)(OC)OC[C@H]1O[C@H](N2C=CCC(C(N)=O)=C2)[C@H](O)[C@@H]1O. The van der Waals surface area contributed by atoms with Crippen molar-refractivity contribution in [1.29, 1.82) is 0 Å². The fourth-order valence-corrected chi connectivity index (χ4v) is 7.46. The zero-order valence-corrected chi connectivity index (χ0v) is 25.9. The monoisotopic (exact) mass is 682 g/mol. The maximum Gasteiger partial charge on any atom is 0.483 e. The third kappa shape index (κ3) is 8.09.